The van der Waals surface area contributed by atoms with E-state index in [1.165, 1.54) is 6.08 Å². The highest BCUT2D eigenvalue weighted by atomic mass is 35.5. The molecule has 30 heavy (non-hydrogen) atoms. The number of anilines is 1. The van der Waals surface area contributed by atoms with Crippen LogP contribution in [-0.2, 0) is 4.79 Å². The molecule has 1 heterocycles. The normalized spacial score (nSPS) is 11.1. The first-order valence-corrected chi connectivity index (χ1v) is 9.76. The van der Waals surface area contributed by atoms with Crippen LogP contribution in [0.1, 0.15) is 27.2 Å². The first-order chi connectivity index (χ1) is 14.5. The Labute approximate surface area is 178 Å². The molecule has 4 rings (SSSR count). The van der Waals surface area contributed by atoms with Crippen LogP contribution in [0.3, 0.4) is 0 Å². The minimum Gasteiger partial charge on any atom is -0.452 e. The van der Waals surface area contributed by atoms with Crippen LogP contribution < -0.4 is 5.32 Å². The lowest BCUT2D eigenvalue weighted by molar-refractivity contribution is -0.111. The lowest BCUT2D eigenvalue weighted by Gasteiger charge is -2.02. The van der Waals surface area contributed by atoms with E-state index in [1.54, 1.807) is 48.5 Å². The molecule has 5 heteroatoms. The molecule has 0 fully saturated rings. The van der Waals surface area contributed by atoms with Crippen molar-refractivity contribution in [3.8, 4) is 0 Å². The van der Waals surface area contributed by atoms with Gasteiger partial charge in [0, 0.05) is 33.3 Å². The molecule has 0 spiro atoms. The van der Waals surface area contributed by atoms with E-state index >= 15 is 0 Å². The SMILES string of the molecule is Cc1c(C(=O)c2ccc(Cl)cc2)oc2ccc(NC(=O)/C=C/c3ccccc3)cc12. The summed E-state index contributed by atoms with van der Waals surface area (Å²) in [5.74, 6) is -0.173. The Morgan fingerprint density at radius 1 is 0.967 bits per heavy atom. The molecule has 148 valence electrons. The van der Waals surface area contributed by atoms with Gasteiger partial charge in [0.2, 0.25) is 11.7 Å². The number of rotatable bonds is 5. The third kappa shape index (κ3) is 4.19. The molecule has 0 saturated carbocycles. The molecule has 0 saturated heterocycles. The first-order valence-electron chi connectivity index (χ1n) is 9.39. The summed E-state index contributed by atoms with van der Waals surface area (Å²) in [6.45, 7) is 1.83. The van der Waals surface area contributed by atoms with Crippen LogP contribution in [0.2, 0.25) is 5.02 Å². The van der Waals surface area contributed by atoms with E-state index in [1.807, 2.05) is 37.3 Å². The van der Waals surface area contributed by atoms with Gasteiger partial charge in [0.15, 0.2) is 5.76 Å². The van der Waals surface area contributed by atoms with Crippen molar-refractivity contribution >= 4 is 46.0 Å². The van der Waals surface area contributed by atoms with E-state index in [0.717, 1.165) is 16.5 Å². The first kappa shape index (κ1) is 19.7. The standard InChI is InChI=1S/C25H18ClNO3/c1-16-21-15-20(27-23(28)14-7-17-5-3-2-4-6-17)12-13-22(21)30-25(16)24(29)18-8-10-19(26)11-9-18/h2-15H,1H3,(H,27,28)/b14-7+. The van der Waals surface area contributed by atoms with Gasteiger partial charge < -0.3 is 9.73 Å². The van der Waals surface area contributed by atoms with Gasteiger partial charge in [0.05, 0.1) is 0 Å². The predicted molar refractivity (Wildman–Crippen MR) is 120 cm³/mol. The van der Waals surface area contributed by atoms with E-state index in [-0.39, 0.29) is 17.5 Å². The molecule has 0 aliphatic heterocycles. The smallest absolute Gasteiger partial charge is 0.248 e. The van der Waals surface area contributed by atoms with Gasteiger partial charge >= 0.3 is 0 Å². The van der Waals surface area contributed by atoms with Crippen molar-refractivity contribution in [1.82, 2.24) is 0 Å². The van der Waals surface area contributed by atoms with Crippen molar-refractivity contribution in [3.63, 3.8) is 0 Å². The average Bonchev–Trinajstić information content (AvgIpc) is 3.09. The number of nitrogens with one attached hydrogen (secondary N) is 1. The summed E-state index contributed by atoms with van der Waals surface area (Å²) in [5.41, 5.74) is 3.38. The van der Waals surface area contributed by atoms with Gasteiger partial charge in [0.25, 0.3) is 0 Å². The van der Waals surface area contributed by atoms with Crippen LogP contribution >= 0.6 is 11.6 Å². The van der Waals surface area contributed by atoms with E-state index in [4.69, 9.17) is 16.0 Å². The highest BCUT2D eigenvalue weighted by Gasteiger charge is 2.19. The largest absolute Gasteiger partial charge is 0.452 e. The molecule has 0 unspecified atom stereocenters. The summed E-state index contributed by atoms with van der Waals surface area (Å²) in [5, 5.41) is 4.18. The fourth-order valence-electron chi connectivity index (χ4n) is 3.17. The zero-order chi connectivity index (χ0) is 21.1. The summed E-state index contributed by atoms with van der Waals surface area (Å²) in [7, 11) is 0. The van der Waals surface area contributed by atoms with E-state index in [2.05, 4.69) is 5.32 Å². The Kier molecular flexibility index (Phi) is 5.50. The topological polar surface area (TPSA) is 59.3 Å². The fourth-order valence-corrected chi connectivity index (χ4v) is 3.29. The molecule has 3 aromatic carbocycles. The maximum Gasteiger partial charge on any atom is 0.248 e. The zero-order valence-corrected chi connectivity index (χ0v) is 16.9. The fraction of sp³-hybridized carbons (Fsp3) is 0.0400. The van der Waals surface area contributed by atoms with Crippen molar-refractivity contribution < 1.29 is 14.0 Å². The van der Waals surface area contributed by atoms with Gasteiger partial charge in [-0.25, -0.2) is 0 Å². The molecule has 0 atom stereocenters. The molecular formula is C25H18ClNO3. The maximum absolute atomic E-state index is 12.8. The number of benzene rings is 3. The van der Waals surface area contributed by atoms with Crippen molar-refractivity contribution in [2.75, 3.05) is 5.32 Å². The van der Waals surface area contributed by atoms with Crippen LogP contribution in [0.15, 0.2) is 83.3 Å². The number of halogens is 1. The molecule has 0 aliphatic carbocycles. The highest BCUT2D eigenvalue weighted by Crippen LogP contribution is 2.29. The third-order valence-electron chi connectivity index (χ3n) is 4.74. The lowest BCUT2D eigenvalue weighted by atomic mass is 10.0. The number of carbonyl (C=O) groups is 2. The number of fused-ring (bicyclic) bond motifs is 1. The Morgan fingerprint density at radius 2 is 1.70 bits per heavy atom. The van der Waals surface area contributed by atoms with Gasteiger partial charge in [-0.1, -0.05) is 41.9 Å². The summed E-state index contributed by atoms with van der Waals surface area (Å²) in [6.07, 6.45) is 3.23. The number of carbonyl (C=O) groups excluding carboxylic acids is 2. The van der Waals surface area contributed by atoms with Crippen molar-refractivity contribution in [1.29, 1.82) is 0 Å². The molecule has 0 bridgehead atoms. The molecule has 4 nitrogen and oxygen atoms in total. The second-order valence-corrected chi connectivity index (χ2v) is 7.27. The van der Waals surface area contributed by atoms with Crippen molar-refractivity contribution in [2.24, 2.45) is 0 Å². The quantitative estimate of drug-likeness (QED) is 0.308. The van der Waals surface area contributed by atoms with Crippen molar-refractivity contribution in [3.05, 3.63) is 106 Å². The number of furan rings is 1. The third-order valence-corrected chi connectivity index (χ3v) is 5.00. The van der Waals surface area contributed by atoms with Gasteiger partial charge in [-0.3, -0.25) is 9.59 Å². The monoisotopic (exact) mass is 415 g/mol. The lowest BCUT2D eigenvalue weighted by Crippen LogP contribution is -2.07. The Morgan fingerprint density at radius 3 is 2.43 bits per heavy atom. The van der Waals surface area contributed by atoms with Crippen LogP contribution in [0.4, 0.5) is 5.69 Å². The van der Waals surface area contributed by atoms with Gasteiger partial charge in [0.1, 0.15) is 5.58 Å². The molecule has 1 N–H and O–H groups in total. The number of aryl methyl sites for hydroxylation is 1. The average molecular weight is 416 g/mol. The van der Waals surface area contributed by atoms with Crippen LogP contribution in [0.25, 0.3) is 17.0 Å². The summed E-state index contributed by atoms with van der Waals surface area (Å²) >= 11 is 5.90. The molecule has 0 aliphatic rings. The summed E-state index contributed by atoms with van der Waals surface area (Å²) < 4.78 is 5.80. The second kappa shape index (κ2) is 8.39. The van der Waals surface area contributed by atoms with Crippen molar-refractivity contribution in [2.45, 2.75) is 6.92 Å². The summed E-state index contributed by atoms with van der Waals surface area (Å²) in [6, 6.07) is 21.6. The second-order valence-electron chi connectivity index (χ2n) is 6.84. The van der Waals surface area contributed by atoms with Gasteiger partial charge in [-0.05, 0) is 61.0 Å². The molecule has 4 aromatic rings. The van der Waals surface area contributed by atoms with Crippen LogP contribution in [-0.4, -0.2) is 11.7 Å². The summed E-state index contributed by atoms with van der Waals surface area (Å²) in [4.78, 5) is 25.1. The minimum atomic E-state index is -0.239. The van der Waals surface area contributed by atoms with E-state index < -0.39 is 0 Å². The molecule has 1 amide bonds. The molecule has 0 radical (unpaired) electrons. The number of hydrogen-bond donors (Lipinski definition) is 1. The Balaban J connectivity index is 1.56. The van der Waals surface area contributed by atoms with Gasteiger partial charge in [-0.15, -0.1) is 0 Å². The molecular weight excluding hydrogens is 398 g/mol. The molecule has 1 aromatic heterocycles. The number of amides is 1. The maximum atomic E-state index is 12.8. The Hall–Kier alpha value is -3.63. The van der Waals surface area contributed by atoms with Crippen LogP contribution in [0, 0.1) is 6.92 Å². The van der Waals surface area contributed by atoms with Gasteiger partial charge in [-0.2, -0.15) is 0 Å². The zero-order valence-electron chi connectivity index (χ0n) is 16.2. The highest BCUT2D eigenvalue weighted by molar-refractivity contribution is 6.30. The Bertz CT molecular complexity index is 1260. The van der Waals surface area contributed by atoms with E-state index in [9.17, 15) is 9.59 Å². The predicted octanol–water partition coefficient (Wildman–Crippen LogP) is 6.28. The van der Waals surface area contributed by atoms with E-state index in [0.29, 0.717) is 21.9 Å². The minimum absolute atomic E-state index is 0.211. The number of hydrogen-bond acceptors (Lipinski definition) is 3. The van der Waals surface area contributed by atoms with Crippen LogP contribution in [0.5, 0.6) is 0 Å². The number of ketones is 1.